The number of nitrogens with zero attached hydrogens (tertiary/aromatic N) is 1. The molecule has 7 heteroatoms. The molecule has 3 unspecified atom stereocenters. The maximum atomic E-state index is 11.4. The predicted octanol–water partition coefficient (Wildman–Crippen LogP) is 0.401. The molecule has 0 aromatic carbocycles. The molecule has 2 N–H and O–H groups in total. The number of nitrogens with one attached hydrogen (secondary N) is 2. The Morgan fingerprint density at radius 2 is 2.00 bits per heavy atom. The molecule has 2 rings (SSSR count). The van der Waals surface area contributed by atoms with Gasteiger partial charge in [0.15, 0.2) is 15.8 Å². The van der Waals surface area contributed by atoms with Gasteiger partial charge in [0.1, 0.15) is 0 Å². The molecule has 0 spiro atoms. The van der Waals surface area contributed by atoms with Crippen LogP contribution in [0.2, 0.25) is 0 Å². The summed E-state index contributed by atoms with van der Waals surface area (Å²) in [5.74, 6) is 2.10. The normalized spacial score (nSPS) is 32.3. The Morgan fingerprint density at radius 1 is 1.24 bits per heavy atom. The molecule has 2 fully saturated rings. The molecule has 0 aromatic rings. The van der Waals surface area contributed by atoms with E-state index in [0.717, 1.165) is 25.3 Å². The highest BCUT2D eigenvalue weighted by atomic mass is 32.2. The number of guanidine groups is 1. The van der Waals surface area contributed by atoms with Crippen molar-refractivity contribution in [1.82, 2.24) is 10.6 Å². The van der Waals surface area contributed by atoms with E-state index in [2.05, 4.69) is 15.6 Å². The number of aliphatic imine (C=N–C) groups is 1. The van der Waals surface area contributed by atoms with Gasteiger partial charge in [-0.3, -0.25) is 4.99 Å². The second-order valence-corrected chi connectivity index (χ2v) is 8.30. The molecule has 0 aromatic heterocycles. The zero-order valence-electron chi connectivity index (χ0n) is 13.0. The van der Waals surface area contributed by atoms with Crippen LogP contribution >= 0.6 is 0 Å². The summed E-state index contributed by atoms with van der Waals surface area (Å²) in [6.07, 6.45) is 4.63. The van der Waals surface area contributed by atoms with Gasteiger partial charge in [-0.05, 0) is 25.2 Å². The van der Waals surface area contributed by atoms with Crippen molar-refractivity contribution in [2.45, 2.75) is 31.8 Å². The minimum Gasteiger partial charge on any atom is -0.381 e. The van der Waals surface area contributed by atoms with E-state index < -0.39 is 9.84 Å². The van der Waals surface area contributed by atoms with E-state index in [9.17, 15) is 8.42 Å². The first kappa shape index (κ1) is 16.5. The van der Waals surface area contributed by atoms with Crippen LogP contribution in [0.5, 0.6) is 0 Å². The summed E-state index contributed by atoms with van der Waals surface area (Å²) in [6, 6.07) is 0. The second kappa shape index (κ2) is 7.45. The van der Waals surface area contributed by atoms with Crippen molar-refractivity contribution < 1.29 is 13.2 Å². The van der Waals surface area contributed by atoms with Crippen LogP contribution in [0.1, 0.15) is 25.7 Å². The number of methoxy groups -OCH3 is 1. The Morgan fingerprint density at radius 3 is 2.62 bits per heavy atom. The van der Waals surface area contributed by atoms with E-state index in [-0.39, 0.29) is 5.92 Å². The van der Waals surface area contributed by atoms with Crippen molar-refractivity contribution >= 4 is 15.8 Å². The second-order valence-electron chi connectivity index (χ2n) is 6.07. The lowest BCUT2D eigenvalue weighted by Crippen LogP contribution is -2.43. The molecular weight excluding hydrogens is 290 g/mol. The van der Waals surface area contributed by atoms with Crippen LogP contribution in [0.15, 0.2) is 4.99 Å². The highest BCUT2D eigenvalue weighted by Gasteiger charge is 2.28. The van der Waals surface area contributed by atoms with E-state index in [1.807, 2.05) is 0 Å². The standard InChI is InChI=1S/C14H27N3O3S/c1-15-14(16-8-11-6-7-21(18,19)10-11)17-9-12-4-3-5-13(12)20-2/h11-13H,3-10H2,1-2H3,(H2,15,16,17). The summed E-state index contributed by atoms with van der Waals surface area (Å²) in [5.41, 5.74) is 0. The largest absolute Gasteiger partial charge is 0.381 e. The van der Waals surface area contributed by atoms with Gasteiger partial charge >= 0.3 is 0 Å². The topological polar surface area (TPSA) is 79.8 Å². The lowest BCUT2D eigenvalue weighted by Gasteiger charge is -2.20. The van der Waals surface area contributed by atoms with Crippen LogP contribution in [0.4, 0.5) is 0 Å². The van der Waals surface area contributed by atoms with Gasteiger partial charge in [0.25, 0.3) is 0 Å². The van der Waals surface area contributed by atoms with Crippen LogP contribution in [-0.4, -0.2) is 59.2 Å². The first-order valence-electron chi connectivity index (χ1n) is 7.72. The molecular formula is C14H27N3O3S. The zero-order chi connectivity index (χ0) is 15.3. The van der Waals surface area contributed by atoms with Gasteiger partial charge in [-0.1, -0.05) is 6.42 Å². The van der Waals surface area contributed by atoms with Crippen LogP contribution in [0.3, 0.4) is 0 Å². The lowest BCUT2D eigenvalue weighted by atomic mass is 10.1. The predicted molar refractivity (Wildman–Crippen MR) is 84.3 cm³/mol. The third-order valence-electron chi connectivity index (χ3n) is 4.53. The van der Waals surface area contributed by atoms with E-state index in [0.29, 0.717) is 30.1 Å². The number of hydrogen-bond donors (Lipinski definition) is 2. The molecule has 0 bridgehead atoms. The summed E-state index contributed by atoms with van der Waals surface area (Å²) in [7, 11) is 0.711. The SMILES string of the molecule is CN=C(NCC1CCS(=O)(=O)C1)NCC1CCCC1OC. The third kappa shape index (κ3) is 4.85. The van der Waals surface area contributed by atoms with Crippen LogP contribution in [0.25, 0.3) is 0 Å². The number of hydrogen-bond acceptors (Lipinski definition) is 4. The van der Waals surface area contributed by atoms with E-state index in [1.165, 1.54) is 12.8 Å². The Bertz CT molecular complexity index is 464. The smallest absolute Gasteiger partial charge is 0.190 e. The van der Waals surface area contributed by atoms with Gasteiger partial charge in [-0.25, -0.2) is 8.42 Å². The molecule has 1 aliphatic carbocycles. The molecule has 3 atom stereocenters. The summed E-state index contributed by atoms with van der Waals surface area (Å²) < 4.78 is 28.4. The molecule has 1 heterocycles. The average molecular weight is 317 g/mol. The maximum Gasteiger partial charge on any atom is 0.190 e. The quantitative estimate of drug-likeness (QED) is 0.567. The maximum absolute atomic E-state index is 11.4. The number of sulfone groups is 1. The van der Waals surface area contributed by atoms with E-state index in [1.54, 1.807) is 14.2 Å². The fourth-order valence-electron chi connectivity index (χ4n) is 3.27. The Balaban J connectivity index is 1.71. The third-order valence-corrected chi connectivity index (χ3v) is 6.37. The monoisotopic (exact) mass is 317 g/mol. The molecule has 122 valence electrons. The summed E-state index contributed by atoms with van der Waals surface area (Å²) in [5, 5.41) is 6.57. The Kier molecular flexibility index (Phi) is 5.87. The number of rotatable bonds is 5. The van der Waals surface area contributed by atoms with Gasteiger partial charge in [0.2, 0.25) is 0 Å². The summed E-state index contributed by atoms with van der Waals surface area (Å²) in [6.45, 7) is 1.51. The van der Waals surface area contributed by atoms with E-state index in [4.69, 9.17) is 4.74 Å². The van der Waals surface area contributed by atoms with Crippen molar-refractivity contribution in [3.8, 4) is 0 Å². The van der Waals surface area contributed by atoms with Crippen molar-refractivity contribution in [1.29, 1.82) is 0 Å². The van der Waals surface area contributed by atoms with Crippen molar-refractivity contribution in [3.63, 3.8) is 0 Å². The molecule has 0 radical (unpaired) electrons. The molecule has 1 saturated heterocycles. The van der Waals surface area contributed by atoms with Gasteiger partial charge in [0.05, 0.1) is 17.6 Å². The first-order chi connectivity index (χ1) is 10.0. The summed E-state index contributed by atoms with van der Waals surface area (Å²) >= 11 is 0. The van der Waals surface area contributed by atoms with Crippen LogP contribution < -0.4 is 10.6 Å². The van der Waals surface area contributed by atoms with Crippen LogP contribution in [0, 0.1) is 11.8 Å². The molecule has 2 aliphatic rings. The fraction of sp³-hybridized carbons (Fsp3) is 0.929. The molecule has 6 nitrogen and oxygen atoms in total. The Labute approximate surface area is 127 Å². The highest BCUT2D eigenvalue weighted by molar-refractivity contribution is 7.91. The molecule has 21 heavy (non-hydrogen) atoms. The van der Waals surface area contributed by atoms with E-state index >= 15 is 0 Å². The van der Waals surface area contributed by atoms with Crippen molar-refractivity contribution in [3.05, 3.63) is 0 Å². The van der Waals surface area contributed by atoms with Crippen molar-refractivity contribution in [2.75, 3.05) is 38.8 Å². The first-order valence-corrected chi connectivity index (χ1v) is 9.54. The highest BCUT2D eigenvalue weighted by Crippen LogP contribution is 2.27. The molecule has 0 amide bonds. The van der Waals surface area contributed by atoms with Crippen LogP contribution in [-0.2, 0) is 14.6 Å². The van der Waals surface area contributed by atoms with Gasteiger partial charge < -0.3 is 15.4 Å². The van der Waals surface area contributed by atoms with Gasteiger partial charge in [-0.15, -0.1) is 0 Å². The van der Waals surface area contributed by atoms with Gasteiger partial charge in [-0.2, -0.15) is 0 Å². The Hall–Kier alpha value is -0.820. The lowest BCUT2D eigenvalue weighted by molar-refractivity contribution is 0.0725. The summed E-state index contributed by atoms with van der Waals surface area (Å²) in [4.78, 5) is 4.20. The number of ether oxygens (including phenoxy) is 1. The average Bonchev–Trinajstić information content (AvgIpc) is 3.05. The fourth-order valence-corrected chi connectivity index (χ4v) is 5.13. The minimum atomic E-state index is -2.80. The zero-order valence-corrected chi connectivity index (χ0v) is 13.8. The molecule has 1 saturated carbocycles. The van der Waals surface area contributed by atoms with Gasteiger partial charge in [0, 0.05) is 33.2 Å². The minimum absolute atomic E-state index is 0.201. The molecule has 1 aliphatic heterocycles. The van der Waals surface area contributed by atoms with Crippen molar-refractivity contribution in [2.24, 2.45) is 16.8 Å².